The van der Waals surface area contributed by atoms with Crippen LogP contribution in [0.15, 0.2) is 21.5 Å². The number of aromatic nitrogens is 1. The number of methoxy groups -OCH3 is 1. The lowest BCUT2D eigenvalue weighted by atomic mass is 9.98. The first kappa shape index (κ1) is 14.5. The largest absolute Gasteiger partial charge is 0.469 e. The zero-order valence-electron chi connectivity index (χ0n) is 10.3. The quantitative estimate of drug-likeness (QED) is 0.485. The highest BCUT2D eigenvalue weighted by molar-refractivity contribution is 9.10. The molecule has 1 unspecified atom stereocenters. The molecule has 0 aliphatic rings. The second-order valence-corrected chi connectivity index (χ2v) is 4.54. The summed E-state index contributed by atoms with van der Waals surface area (Å²) in [6.45, 7) is 2.05. The molecule has 0 fully saturated rings. The summed E-state index contributed by atoms with van der Waals surface area (Å²) in [5, 5.41) is 0. The van der Waals surface area contributed by atoms with Crippen LogP contribution in [0.1, 0.15) is 24.8 Å². The maximum absolute atomic E-state index is 11.9. The van der Waals surface area contributed by atoms with Crippen LogP contribution in [-0.2, 0) is 16.1 Å². The van der Waals surface area contributed by atoms with Gasteiger partial charge in [0.15, 0.2) is 0 Å². The lowest BCUT2D eigenvalue weighted by Crippen LogP contribution is -2.23. The second-order valence-electron chi connectivity index (χ2n) is 3.72. The topological polar surface area (TPSA) is 48.3 Å². The Kier molecular flexibility index (Phi) is 5.17. The predicted molar refractivity (Wildman–Crippen MR) is 72.3 cm³/mol. The Morgan fingerprint density at radius 1 is 1.61 bits per heavy atom. The van der Waals surface area contributed by atoms with Gasteiger partial charge in [-0.2, -0.15) is 0 Å². The molecule has 5 heteroatoms. The molecule has 4 nitrogen and oxygen atoms in total. The Bertz CT molecular complexity index is 542. The summed E-state index contributed by atoms with van der Waals surface area (Å²) in [6.07, 6.45) is 5.75. The van der Waals surface area contributed by atoms with Gasteiger partial charge in [0.05, 0.1) is 24.2 Å². The Morgan fingerprint density at radius 2 is 2.28 bits per heavy atom. The fraction of sp³-hybridized carbons (Fsp3) is 0.385. The van der Waals surface area contributed by atoms with E-state index in [4.69, 9.17) is 11.2 Å². The number of esters is 1. The van der Waals surface area contributed by atoms with E-state index >= 15 is 0 Å². The van der Waals surface area contributed by atoms with Crippen molar-refractivity contribution < 1.29 is 9.53 Å². The van der Waals surface area contributed by atoms with Gasteiger partial charge < -0.3 is 4.74 Å². The molecule has 0 saturated heterocycles. The maximum atomic E-state index is 11.9. The van der Waals surface area contributed by atoms with Crippen LogP contribution >= 0.6 is 15.9 Å². The third kappa shape index (κ3) is 3.02. The van der Waals surface area contributed by atoms with E-state index < -0.39 is 5.92 Å². The molecule has 0 aromatic carbocycles. The summed E-state index contributed by atoms with van der Waals surface area (Å²) in [7, 11) is 1.33. The molecule has 1 atom stereocenters. The van der Waals surface area contributed by atoms with Gasteiger partial charge in [-0.1, -0.05) is 12.8 Å². The molecule has 0 spiro atoms. The van der Waals surface area contributed by atoms with Crippen molar-refractivity contribution in [2.45, 2.75) is 25.8 Å². The lowest BCUT2D eigenvalue weighted by Gasteiger charge is -2.14. The first-order chi connectivity index (χ1) is 8.54. The van der Waals surface area contributed by atoms with Crippen molar-refractivity contribution in [2.75, 3.05) is 7.11 Å². The highest BCUT2D eigenvalue weighted by atomic mass is 79.9. The summed E-state index contributed by atoms with van der Waals surface area (Å²) in [4.78, 5) is 23.5. The number of halogens is 1. The molecule has 18 heavy (non-hydrogen) atoms. The monoisotopic (exact) mass is 311 g/mol. The smallest absolute Gasteiger partial charge is 0.313 e. The van der Waals surface area contributed by atoms with Crippen LogP contribution in [-0.4, -0.2) is 17.6 Å². The van der Waals surface area contributed by atoms with Crippen LogP contribution in [0, 0.1) is 12.3 Å². The van der Waals surface area contributed by atoms with Crippen LogP contribution in [0.25, 0.3) is 0 Å². The van der Waals surface area contributed by atoms with E-state index in [-0.39, 0.29) is 18.1 Å². The van der Waals surface area contributed by atoms with Crippen molar-refractivity contribution >= 4 is 21.9 Å². The van der Waals surface area contributed by atoms with Crippen molar-refractivity contribution in [3.8, 4) is 12.3 Å². The van der Waals surface area contributed by atoms with Crippen molar-refractivity contribution in [3.05, 3.63) is 32.7 Å². The highest BCUT2D eigenvalue weighted by Gasteiger charge is 2.21. The lowest BCUT2D eigenvalue weighted by molar-refractivity contribution is -0.142. The fourth-order valence-electron chi connectivity index (χ4n) is 1.71. The molecular formula is C13H14BrNO3. The van der Waals surface area contributed by atoms with Gasteiger partial charge in [0, 0.05) is 6.07 Å². The van der Waals surface area contributed by atoms with E-state index in [2.05, 4.69) is 21.9 Å². The summed E-state index contributed by atoms with van der Waals surface area (Å²) < 4.78 is 6.69. The molecular weight excluding hydrogens is 298 g/mol. The zero-order chi connectivity index (χ0) is 13.7. The van der Waals surface area contributed by atoms with Crippen LogP contribution in [0.2, 0.25) is 0 Å². The average molecular weight is 312 g/mol. The summed E-state index contributed by atoms with van der Waals surface area (Å²) >= 11 is 3.28. The Balaban J connectivity index is 3.24. The minimum Gasteiger partial charge on any atom is -0.469 e. The molecule has 0 aliphatic heterocycles. The standard InChI is InChI=1S/C13H14BrNO3/c1-4-6-15-11(14)7-9(8-12(15)16)10(5-2)13(17)18-3/h1,7-8,10H,5-6H2,2-3H3. The third-order valence-electron chi connectivity index (χ3n) is 2.65. The van der Waals surface area contributed by atoms with Crippen molar-refractivity contribution in [1.82, 2.24) is 4.57 Å². The van der Waals surface area contributed by atoms with E-state index in [1.807, 2.05) is 6.92 Å². The number of ether oxygens (including phenoxy) is 1. The number of carbonyl (C=O) groups is 1. The van der Waals surface area contributed by atoms with Gasteiger partial charge in [0.2, 0.25) is 0 Å². The van der Waals surface area contributed by atoms with Crippen molar-refractivity contribution in [3.63, 3.8) is 0 Å². The molecule has 96 valence electrons. The number of nitrogens with zero attached hydrogens (tertiary/aromatic N) is 1. The molecule has 0 bridgehead atoms. The normalized spacial score (nSPS) is 11.7. The van der Waals surface area contributed by atoms with Crippen LogP contribution in [0.3, 0.4) is 0 Å². The molecule has 0 radical (unpaired) electrons. The molecule has 1 aromatic rings. The van der Waals surface area contributed by atoms with Gasteiger partial charge in [-0.05, 0) is 34.0 Å². The molecule has 1 rings (SSSR count). The number of carbonyl (C=O) groups excluding carboxylic acids is 1. The van der Waals surface area contributed by atoms with Crippen LogP contribution < -0.4 is 5.56 Å². The molecule has 0 saturated carbocycles. The minimum atomic E-state index is -0.431. The predicted octanol–water partition coefficient (Wildman–Crippen LogP) is 1.91. The Morgan fingerprint density at radius 3 is 2.72 bits per heavy atom. The summed E-state index contributed by atoms with van der Waals surface area (Å²) in [6, 6.07) is 3.15. The molecule has 0 N–H and O–H groups in total. The van der Waals surface area contributed by atoms with Crippen LogP contribution in [0.4, 0.5) is 0 Å². The number of pyridine rings is 1. The van der Waals surface area contributed by atoms with E-state index in [1.165, 1.54) is 17.7 Å². The van der Waals surface area contributed by atoms with Gasteiger partial charge in [0.25, 0.3) is 5.56 Å². The second kappa shape index (κ2) is 6.41. The Hall–Kier alpha value is -1.54. The van der Waals surface area contributed by atoms with E-state index in [0.29, 0.717) is 16.6 Å². The SMILES string of the molecule is C#CCn1c(Br)cc(C(CC)C(=O)OC)cc1=O. The fourth-order valence-corrected chi connectivity index (χ4v) is 2.27. The molecule has 0 aliphatic carbocycles. The molecule has 1 aromatic heterocycles. The van der Waals surface area contributed by atoms with Gasteiger partial charge in [-0.3, -0.25) is 14.2 Å². The van der Waals surface area contributed by atoms with Gasteiger partial charge in [-0.15, -0.1) is 6.42 Å². The number of rotatable bonds is 4. The highest BCUT2D eigenvalue weighted by Crippen LogP contribution is 2.22. The Labute approximate surface area is 114 Å². The van der Waals surface area contributed by atoms with Crippen LogP contribution in [0.5, 0.6) is 0 Å². The molecule has 0 amide bonds. The van der Waals surface area contributed by atoms with Gasteiger partial charge >= 0.3 is 5.97 Å². The van der Waals surface area contributed by atoms with E-state index in [9.17, 15) is 9.59 Å². The van der Waals surface area contributed by atoms with Crippen molar-refractivity contribution in [2.24, 2.45) is 0 Å². The minimum absolute atomic E-state index is 0.189. The van der Waals surface area contributed by atoms with Gasteiger partial charge in [0.1, 0.15) is 0 Å². The summed E-state index contributed by atoms with van der Waals surface area (Å²) in [5.74, 6) is 1.62. The first-order valence-corrected chi connectivity index (χ1v) is 6.26. The average Bonchev–Trinajstić information content (AvgIpc) is 2.34. The number of terminal acetylenes is 1. The number of hydrogen-bond donors (Lipinski definition) is 0. The third-order valence-corrected chi connectivity index (χ3v) is 3.30. The summed E-state index contributed by atoms with van der Waals surface area (Å²) in [5.41, 5.74) is 0.397. The van der Waals surface area contributed by atoms with Crippen molar-refractivity contribution in [1.29, 1.82) is 0 Å². The van der Waals surface area contributed by atoms with E-state index in [0.717, 1.165) is 0 Å². The maximum Gasteiger partial charge on any atom is 0.313 e. The molecule has 1 heterocycles. The first-order valence-electron chi connectivity index (χ1n) is 5.46. The van der Waals surface area contributed by atoms with E-state index in [1.54, 1.807) is 6.07 Å². The number of hydrogen-bond acceptors (Lipinski definition) is 3. The zero-order valence-corrected chi connectivity index (χ0v) is 11.9. The van der Waals surface area contributed by atoms with Gasteiger partial charge in [-0.25, -0.2) is 0 Å².